The zero-order valence-electron chi connectivity index (χ0n) is 15.2. The minimum Gasteiger partial charge on any atom is -0.390 e. The first kappa shape index (κ1) is 15.9. The van der Waals surface area contributed by atoms with Gasteiger partial charge in [0.25, 0.3) is 0 Å². The number of rotatable bonds is 0. The summed E-state index contributed by atoms with van der Waals surface area (Å²) in [5, 5.41) is 11.0. The van der Waals surface area contributed by atoms with E-state index in [2.05, 4.69) is 26.8 Å². The van der Waals surface area contributed by atoms with Crippen LogP contribution in [0.15, 0.2) is 11.6 Å². The zero-order chi connectivity index (χ0) is 16.6. The van der Waals surface area contributed by atoms with Gasteiger partial charge in [-0.1, -0.05) is 19.9 Å². The molecule has 7 atom stereocenters. The number of hydrogen-bond donors (Lipinski definition) is 1. The highest BCUT2D eigenvalue weighted by atomic mass is 16.3. The fourth-order valence-corrected chi connectivity index (χ4v) is 7.19. The number of allylic oxidation sites excluding steroid dienone is 2. The minimum absolute atomic E-state index is 0.0978. The quantitative estimate of drug-likeness (QED) is 0.713. The van der Waals surface area contributed by atoms with E-state index in [0.717, 1.165) is 30.8 Å². The minimum atomic E-state index is -0.491. The highest BCUT2D eigenvalue weighted by Crippen LogP contribution is 2.67. The monoisotopic (exact) mass is 316 g/mol. The van der Waals surface area contributed by atoms with Gasteiger partial charge < -0.3 is 5.11 Å². The Morgan fingerprint density at radius 2 is 1.74 bits per heavy atom. The van der Waals surface area contributed by atoms with E-state index in [1.807, 2.05) is 6.92 Å². The lowest BCUT2D eigenvalue weighted by Gasteiger charge is -2.59. The molecule has 0 unspecified atom stereocenters. The van der Waals surface area contributed by atoms with Gasteiger partial charge in [0.1, 0.15) is 0 Å². The topological polar surface area (TPSA) is 37.3 Å². The van der Waals surface area contributed by atoms with Crippen molar-refractivity contribution in [1.82, 2.24) is 0 Å². The maximum Gasteiger partial charge on any atom is 0.158 e. The molecule has 23 heavy (non-hydrogen) atoms. The number of aliphatic hydroxyl groups is 1. The van der Waals surface area contributed by atoms with E-state index >= 15 is 0 Å². The van der Waals surface area contributed by atoms with Crippen molar-refractivity contribution in [1.29, 1.82) is 0 Å². The molecule has 2 heteroatoms. The second kappa shape index (κ2) is 4.71. The van der Waals surface area contributed by atoms with Crippen molar-refractivity contribution in [3.05, 3.63) is 11.6 Å². The smallest absolute Gasteiger partial charge is 0.158 e. The van der Waals surface area contributed by atoms with E-state index in [-0.39, 0.29) is 10.8 Å². The maximum absolute atomic E-state index is 12.2. The second-order valence-electron chi connectivity index (χ2n) is 9.74. The average Bonchev–Trinajstić information content (AvgIpc) is 2.71. The van der Waals surface area contributed by atoms with Gasteiger partial charge in [-0.05, 0) is 92.4 Å². The molecule has 4 aliphatic rings. The lowest BCUT2D eigenvalue weighted by molar-refractivity contribution is -0.135. The van der Waals surface area contributed by atoms with Crippen molar-refractivity contribution in [2.45, 2.75) is 78.2 Å². The lowest BCUT2D eigenvalue weighted by Crippen LogP contribution is -2.55. The van der Waals surface area contributed by atoms with Crippen LogP contribution in [0.1, 0.15) is 72.6 Å². The molecule has 0 amide bonds. The van der Waals surface area contributed by atoms with Gasteiger partial charge in [-0.2, -0.15) is 0 Å². The van der Waals surface area contributed by atoms with Gasteiger partial charge in [0.05, 0.1) is 5.60 Å². The highest BCUT2D eigenvalue weighted by Gasteiger charge is 2.62. The molecule has 0 aromatic carbocycles. The van der Waals surface area contributed by atoms with Crippen LogP contribution in [0.2, 0.25) is 0 Å². The van der Waals surface area contributed by atoms with Gasteiger partial charge in [-0.25, -0.2) is 0 Å². The van der Waals surface area contributed by atoms with Crippen LogP contribution in [0.4, 0.5) is 0 Å². The molecule has 3 fully saturated rings. The molecular weight excluding hydrogens is 284 g/mol. The molecule has 0 heterocycles. The van der Waals surface area contributed by atoms with Crippen LogP contribution in [0.25, 0.3) is 0 Å². The molecule has 0 aromatic heterocycles. The van der Waals surface area contributed by atoms with Crippen LogP contribution < -0.4 is 0 Å². The molecule has 0 radical (unpaired) electrons. The Kier molecular flexibility index (Phi) is 3.25. The van der Waals surface area contributed by atoms with Gasteiger partial charge in [-0.3, -0.25) is 4.79 Å². The van der Waals surface area contributed by atoms with E-state index in [4.69, 9.17) is 0 Å². The molecule has 0 spiro atoms. The van der Waals surface area contributed by atoms with Crippen LogP contribution in [-0.2, 0) is 4.79 Å². The molecule has 1 N–H and O–H groups in total. The van der Waals surface area contributed by atoms with Crippen molar-refractivity contribution in [3.8, 4) is 0 Å². The van der Waals surface area contributed by atoms with E-state index < -0.39 is 5.60 Å². The first-order valence-corrected chi connectivity index (χ1v) is 9.64. The van der Waals surface area contributed by atoms with E-state index in [9.17, 15) is 9.90 Å². The Bertz CT molecular complexity index is 574. The summed E-state index contributed by atoms with van der Waals surface area (Å²) in [7, 11) is 0. The summed E-state index contributed by atoms with van der Waals surface area (Å²) in [5.41, 5.74) is 0.808. The predicted molar refractivity (Wildman–Crippen MR) is 91.9 cm³/mol. The third-order valence-electron chi connectivity index (χ3n) is 8.93. The largest absolute Gasteiger partial charge is 0.390 e. The van der Waals surface area contributed by atoms with Gasteiger partial charge in [0.2, 0.25) is 0 Å². The highest BCUT2D eigenvalue weighted by molar-refractivity contribution is 5.96. The molecule has 0 aliphatic heterocycles. The van der Waals surface area contributed by atoms with Gasteiger partial charge in [0, 0.05) is 6.42 Å². The van der Waals surface area contributed by atoms with Crippen molar-refractivity contribution in [3.63, 3.8) is 0 Å². The SMILES string of the molecule is CC1=C[C@@]2(C)[C@H](CC[C@@H]3[C@@H]2CC[C@@]2(C)[C@H]3CC[C@@]2(C)O)CC1=O. The Morgan fingerprint density at radius 1 is 1.04 bits per heavy atom. The summed E-state index contributed by atoms with van der Waals surface area (Å²) in [6.45, 7) is 8.87. The number of carbonyl (C=O) groups excluding carboxylic acids is 1. The Morgan fingerprint density at radius 3 is 2.48 bits per heavy atom. The summed E-state index contributed by atoms with van der Waals surface area (Å²) >= 11 is 0. The van der Waals surface area contributed by atoms with Crippen LogP contribution in [0.5, 0.6) is 0 Å². The summed E-state index contributed by atoms with van der Waals surface area (Å²) in [6.07, 6.45) is 10.1. The molecule has 128 valence electrons. The van der Waals surface area contributed by atoms with Crippen molar-refractivity contribution < 1.29 is 9.90 Å². The molecule has 2 nitrogen and oxygen atoms in total. The normalized spacial score (nSPS) is 55.7. The summed E-state index contributed by atoms with van der Waals surface area (Å²) in [4.78, 5) is 12.2. The van der Waals surface area contributed by atoms with Gasteiger partial charge >= 0.3 is 0 Å². The molecule has 3 saturated carbocycles. The third-order valence-corrected chi connectivity index (χ3v) is 8.93. The standard InChI is InChI=1S/C21H32O2/c1-13-12-19(2)14(11-18(13)22)5-6-15-16(19)7-9-20(3)17(15)8-10-21(20,4)23/h12,14-17,23H,5-11H2,1-4H3/t14-,15-,16+,17+,19+,20+,21-/m1/s1. The zero-order valence-corrected chi connectivity index (χ0v) is 15.2. The van der Waals surface area contributed by atoms with E-state index in [1.165, 1.54) is 25.7 Å². The second-order valence-corrected chi connectivity index (χ2v) is 9.74. The molecular formula is C21H32O2. The van der Waals surface area contributed by atoms with Crippen LogP contribution >= 0.6 is 0 Å². The van der Waals surface area contributed by atoms with Crippen LogP contribution in [-0.4, -0.2) is 16.5 Å². The Balaban J connectivity index is 1.71. The first-order valence-electron chi connectivity index (χ1n) is 9.64. The predicted octanol–water partition coefficient (Wildman–Crippen LogP) is 4.52. The van der Waals surface area contributed by atoms with Gasteiger partial charge in [0.15, 0.2) is 5.78 Å². The lowest BCUT2D eigenvalue weighted by atomic mass is 9.45. The fourth-order valence-electron chi connectivity index (χ4n) is 7.19. The number of ketones is 1. The summed E-state index contributed by atoms with van der Waals surface area (Å²) < 4.78 is 0. The van der Waals surface area contributed by atoms with E-state index in [1.54, 1.807) is 0 Å². The molecule has 4 rings (SSSR count). The molecule has 4 aliphatic carbocycles. The Labute approximate surface area is 140 Å². The summed E-state index contributed by atoms with van der Waals surface area (Å²) in [5.74, 6) is 3.03. The molecule has 0 saturated heterocycles. The summed E-state index contributed by atoms with van der Waals surface area (Å²) in [6, 6.07) is 0. The first-order chi connectivity index (χ1) is 10.7. The molecule has 0 bridgehead atoms. The average molecular weight is 316 g/mol. The van der Waals surface area contributed by atoms with E-state index in [0.29, 0.717) is 23.5 Å². The molecule has 0 aromatic rings. The van der Waals surface area contributed by atoms with Crippen molar-refractivity contribution in [2.24, 2.45) is 34.5 Å². The maximum atomic E-state index is 12.2. The Hall–Kier alpha value is -0.630. The fraction of sp³-hybridized carbons (Fsp3) is 0.857. The number of Topliss-reactive ketones (excluding diaryl/α,β-unsaturated/α-hetero) is 1. The number of hydrogen-bond acceptors (Lipinski definition) is 2. The number of carbonyl (C=O) groups is 1. The van der Waals surface area contributed by atoms with Crippen molar-refractivity contribution in [2.75, 3.05) is 0 Å². The number of fused-ring (bicyclic) bond motifs is 5. The third kappa shape index (κ3) is 1.94. The van der Waals surface area contributed by atoms with Gasteiger partial charge in [-0.15, -0.1) is 0 Å². The van der Waals surface area contributed by atoms with Crippen LogP contribution in [0.3, 0.4) is 0 Å². The van der Waals surface area contributed by atoms with Crippen molar-refractivity contribution >= 4 is 5.78 Å². The van der Waals surface area contributed by atoms with Crippen LogP contribution in [0, 0.1) is 34.5 Å².